The van der Waals surface area contributed by atoms with Crippen LogP contribution in [0.4, 0.5) is 11.6 Å². The fraction of sp³-hybridized carbons (Fsp3) is 0.571. The largest absolute Gasteiger partial charge is 0.327 e. The summed E-state index contributed by atoms with van der Waals surface area (Å²) < 4.78 is 0. The second kappa shape index (κ2) is 5.26. The summed E-state index contributed by atoms with van der Waals surface area (Å²) in [5.74, 6) is 2.58. The lowest BCUT2D eigenvalue weighted by molar-refractivity contribution is 0.566. The highest BCUT2D eigenvalue weighted by Gasteiger charge is 2.29. The summed E-state index contributed by atoms with van der Waals surface area (Å²) in [4.78, 5) is 14.7. The Kier molecular flexibility index (Phi) is 3.76. The Balaban J connectivity index is 2.37. The van der Waals surface area contributed by atoms with Crippen LogP contribution in [0.25, 0.3) is 10.8 Å². The van der Waals surface area contributed by atoms with Crippen LogP contribution in [0.2, 0.25) is 0 Å². The predicted octanol–water partition coefficient (Wildman–Crippen LogP) is 5.73. The van der Waals surface area contributed by atoms with Crippen molar-refractivity contribution >= 4 is 28.2 Å². The van der Waals surface area contributed by atoms with Crippen molar-refractivity contribution in [2.75, 3.05) is 5.32 Å². The number of amidine groups is 1. The monoisotopic (exact) mass is 338 g/mol. The zero-order chi connectivity index (χ0) is 18.8. The number of aliphatic imine (C=N–C) groups is 1. The smallest absolute Gasteiger partial charge is 0.165 e. The number of nitrogens with zero attached hydrogens (tertiary/aromatic N) is 3. The van der Waals surface area contributed by atoms with Gasteiger partial charge in [0.1, 0.15) is 11.7 Å². The number of anilines is 1. The molecule has 3 heterocycles. The van der Waals surface area contributed by atoms with Gasteiger partial charge in [-0.3, -0.25) is 0 Å². The molecule has 0 radical (unpaired) electrons. The van der Waals surface area contributed by atoms with Crippen LogP contribution < -0.4 is 5.32 Å². The second-order valence-electron chi connectivity index (χ2n) is 10.1. The lowest BCUT2D eigenvalue weighted by atomic mass is 9.88. The van der Waals surface area contributed by atoms with Crippen molar-refractivity contribution < 1.29 is 0 Å². The molecule has 1 aliphatic heterocycles. The van der Waals surface area contributed by atoms with E-state index in [2.05, 4.69) is 79.8 Å². The van der Waals surface area contributed by atoms with Gasteiger partial charge in [-0.25, -0.2) is 15.0 Å². The number of nitrogens with one attached hydrogen (secondary N) is 1. The van der Waals surface area contributed by atoms with Gasteiger partial charge in [-0.1, -0.05) is 62.3 Å². The van der Waals surface area contributed by atoms with Crippen LogP contribution >= 0.6 is 0 Å². The van der Waals surface area contributed by atoms with Gasteiger partial charge in [-0.15, -0.1) is 0 Å². The Labute approximate surface area is 151 Å². The summed E-state index contributed by atoms with van der Waals surface area (Å²) >= 11 is 0. The minimum atomic E-state index is -0.0944. The molecule has 0 bridgehead atoms. The number of pyridine rings is 2. The maximum Gasteiger partial charge on any atom is 0.165 e. The van der Waals surface area contributed by atoms with E-state index in [1.54, 1.807) is 0 Å². The molecule has 0 saturated carbocycles. The molecule has 134 valence electrons. The van der Waals surface area contributed by atoms with Crippen LogP contribution in [0.15, 0.2) is 17.1 Å². The topological polar surface area (TPSA) is 50.2 Å². The minimum Gasteiger partial charge on any atom is -0.327 e. The first kappa shape index (κ1) is 17.8. The molecule has 0 saturated heterocycles. The Bertz CT molecular complexity index is 867. The van der Waals surface area contributed by atoms with Crippen molar-refractivity contribution in [1.29, 1.82) is 0 Å². The van der Waals surface area contributed by atoms with Gasteiger partial charge in [0, 0.05) is 27.6 Å². The molecule has 0 spiro atoms. The molecule has 3 rings (SSSR count). The van der Waals surface area contributed by atoms with Crippen molar-refractivity contribution in [1.82, 2.24) is 9.97 Å². The third kappa shape index (κ3) is 3.26. The zero-order valence-corrected chi connectivity index (χ0v) is 17.0. The highest BCUT2D eigenvalue weighted by Crippen LogP contribution is 2.40. The van der Waals surface area contributed by atoms with Gasteiger partial charge < -0.3 is 5.32 Å². The highest BCUT2D eigenvalue weighted by atomic mass is 15.1. The fourth-order valence-electron chi connectivity index (χ4n) is 2.80. The Morgan fingerprint density at radius 2 is 1.24 bits per heavy atom. The molecule has 1 N–H and O–H groups in total. The first-order valence-corrected chi connectivity index (χ1v) is 9.00. The maximum absolute atomic E-state index is 4.93. The standard InChI is InChI=1S/C21H30N4/c1-19(2,3)13-10-12-11-14(20(4,5)6)23-17-15(12)16(22-13)24-18(25-17)21(7,8)9/h10-11H,1-9H3,(H,22,23,24,25). The highest BCUT2D eigenvalue weighted by molar-refractivity contribution is 6.13. The van der Waals surface area contributed by atoms with Gasteiger partial charge in [0.05, 0.1) is 5.39 Å². The van der Waals surface area contributed by atoms with E-state index >= 15 is 0 Å². The Morgan fingerprint density at radius 1 is 0.720 bits per heavy atom. The van der Waals surface area contributed by atoms with Crippen molar-refractivity contribution in [2.45, 2.75) is 73.1 Å². The third-order valence-electron chi connectivity index (χ3n) is 4.49. The predicted molar refractivity (Wildman–Crippen MR) is 107 cm³/mol. The molecule has 0 aromatic carbocycles. The lowest BCUT2D eigenvalue weighted by Gasteiger charge is -2.29. The van der Waals surface area contributed by atoms with Crippen LogP contribution in [-0.2, 0) is 10.8 Å². The summed E-state index contributed by atoms with van der Waals surface area (Å²) in [6.07, 6.45) is 0. The zero-order valence-electron chi connectivity index (χ0n) is 17.0. The maximum atomic E-state index is 4.93. The summed E-state index contributed by atoms with van der Waals surface area (Å²) in [6.45, 7) is 19.6. The van der Waals surface area contributed by atoms with E-state index in [4.69, 9.17) is 15.0 Å². The Hall–Kier alpha value is -1.97. The number of hydrogen-bond donors (Lipinski definition) is 1. The van der Waals surface area contributed by atoms with Gasteiger partial charge in [-0.2, -0.15) is 0 Å². The van der Waals surface area contributed by atoms with Crippen molar-refractivity contribution in [3.8, 4) is 0 Å². The molecular weight excluding hydrogens is 308 g/mol. The average Bonchev–Trinajstić information content (AvgIpc) is 2.43. The average molecular weight is 338 g/mol. The molecule has 25 heavy (non-hydrogen) atoms. The second-order valence-corrected chi connectivity index (χ2v) is 10.1. The van der Waals surface area contributed by atoms with Gasteiger partial charge in [0.25, 0.3) is 0 Å². The lowest BCUT2D eigenvalue weighted by Crippen LogP contribution is -2.31. The van der Waals surface area contributed by atoms with Crippen molar-refractivity contribution in [2.24, 2.45) is 10.4 Å². The van der Waals surface area contributed by atoms with Crippen LogP contribution in [0.1, 0.15) is 73.7 Å². The Morgan fingerprint density at radius 3 is 1.72 bits per heavy atom. The number of aromatic nitrogens is 2. The molecule has 1 aliphatic rings. The van der Waals surface area contributed by atoms with E-state index in [0.717, 1.165) is 39.6 Å². The molecule has 0 atom stereocenters. The number of hydrogen-bond acceptors (Lipinski definition) is 4. The van der Waals surface area contributed by atoms with E-state index in [1.807, 2.05) is 0 Å². The van der Waals surface area contributed by atoms with Gasteiger partial charge in [-0.05, 0) is 17.5 Å². The molecule has 0 fully saturated rings. The first-order chi connectivity index (χ1) is 11.3. The van der Waals surface area contributed by atoms with Gasteiger partial charge >= 0.3 is 0 Å². The quantitative estimate of drug-likeness (QED) is 0.667. The van der Waals surface area contributed by atoms with Gasteiger partial charge in [0.2, 0.25) is 0 Å². The van der Waals surface area contributed by atoms with Crippen molar-refractivity contribution in [3.63, 3.8) is 0 Å². The van der Waals surface area contributed by atoms with E-state index < -0.39 is 0 Å². The number of rotatable bonds is 0. The molecular formula is C21H30N4. The van der Waals surface area contributed by atoms with Crippen molar-refractivity contribution in [3.05, 3.63) is 23.5 Å². The van der Waals surface area contributed by atoms with Crippen LogP contribution in [-0.4, -0.2) is 15.8 Å². The van der Waals surface area contributed by atoms with Gasteiger partial charge in [0.15, 0.2) is 5.82 Å². The van der Waals surface area contributed by atoms with Crippen LogP contribution in [0.3, 0.4) is 0 Å². The molecule has 0 unspecified atom stereocenters. The molecule has 0 amide bonds. The SMILES string of the molecule is CC(C)(C)C1=Nc2nc(C(C)(C)C)cc3cc(C(C)(C)C)nc(c23)N1. The molecule has 4 heteroatoms. The van der Waals surface area contributed by atoms with Crippen LogP contribution in [0.5, 0.6) is 0 Å². The molecule has 0 aliphatic carbocycles. The van der Waals surface area contributed by atoms with E-state index in [1.165, 1.54) is 0 Å². The summed E-state index contributed by atoms with van der Waals surface area (Å²) in [7, 11) is 0. The van der Waals surface area contributed by atoms with E-state index in [9.17, 15) is 0 Å². The molecule has 4 nitrogen and oxygen atoms in total. The minimum absolute atomic E-state index is 0.0197. The molecule has 2 aromatic heterocycles. The third-order valence-corrected chi connectivity index (χ3v) is 4.49. The normalized spacial score (nSPS) is 15.2. The first-order valence-electron chi connectivity index (χ1n) is 9.00. The van der Waals surface area contributed by atoms with E-state index in [0.29, 0.717) is 0 Å². The summed E-state index contributed by atoms with van der Waals surface area (Å²) in [5, 5.41) is 5.65. The summed E-state index contributed by atoms with van der Waals surface area (Å²) in [6, 6.07) is 4.39. The molecule has 2 aromatic rings. The van der Waals surface area contributed by atoms with Crippen LogP contribution in [0, 0.1) is 5.41 Å². The summed E-state index contributed by atoms with van der Waals surface area (Å²) in [5.41, 5.74) is 2.00. The van der Waals surface area contributed by atoms with E-state index in [-0.39, 0.29) is 16.2 Å². The fourth-order valence-corrected chi connectivity index (χ4v) is 2.80.